The molecule has 25 heavy (non-hydrogen) atoms. The molecule has 0 aliphatic rings. The van der Waals surface area contributed by atoms with E-state index in [1.165, 1.54) is 19.3 Å². The van der Waals surface area contributed by atoms with E-state index >= 15 is 0 Å². The number of phenolic OH excluding ortho intramolecular Hbond substituents is 1. The van der Waals surface area contributed by atoms with Gasteiger partial charge in [0.25, 0.3) is 0 Å². The molecule has 0 aromatic heterocycles. The second kappa shape index (κ2) is 9.72. The molecule has 0 aliphatic heterocycles. The van der Waals surface area contributed by atoms with Crippen LogP contribution in [-0.2, 0) is 0 Å². The summed E-state index contributed by atoms with van der Waals surface area (Å²) in [4.78, 5) is 0. The molecule has 0 fully saturated rings. The fraction of sp³-hybridized carbons (Fsp3) is 0.381. The van der Waals surface area contributed by atoms with Gasteiger partial charge in [-0.05, 0) is 31.9 Å². The van der Waals surface area contributed by atoms with Crippen LogP contribution in [0.5, 0.6) is 11.5 Å². The van der Waals surface area contributed by atoms with Gasteiger partial charge in [0.2, 0.25) is 0 Å². The van der Waals surface area contributed by atoms with Gasteiger partial charge in [-0.15, -0.1) is 0 Å². The van der Waals surface area contributed by atoms with Gasteiger partial charge in [-0.3, -0.25) is 0 Å². The van der Waals surface area contributed by atoms with Crippen LogP contribution >= 0.6 is 0 Å². The molecule has 2 aromatic rings. The first kappa shape index (κ1) is 18.8. The van der Waals surface area contributed by atoms with Crippen molar-refractivity contribution in [3.8, 4) is 11.5 Å². The highest BCUT2D eigenvalue weighted by Gasteiger charge is 2.14. The molecule has 1 atom stereocenters. The molecule has 0 spiro atoms. The third-order valence-electron chi connectivity index (χ3n) is 4.17. The van der Waals surface area contributed by atoms with Crippen LogP contribution in [-0.4, -0.2) is 22.1 Å². The Kier molecular flexibility index (Phi) is 7.33. The van der Waals surface area contributed by atoms with Crippen molar-refractivity contribution in [3.63, 3.8) is 0 Å². The maximum Gasteiger partial charge on any atom is 0.128 e. The second-order valence-corrected chi connectivity index (χ2v) is 6.27. The quantitative estimate of drug-likeness (QED) is 0.279. The molecule has 2 N–H and O–H groups in total. The highest BCUT2D eigenvalue weighted by molar-refractivity contribution is 6.14. The van der Waals surface area contributed by atoms with Gasteiger partial charge in [0.1, 0.15) is 17.2 Å². The van der Waals surface area contributed by atoms with Crippen molar-refractivity contribution in [2.45, 2.75) is 52.1 Å². The Morgan fingerprint density at radius 1 is 1.08 bits per heavy atom. The molecule has 1 unspecified atom stereocenters. The van der Waals surface area contributed by atoms with Crippen molar-refractivity contribution in [1.29, 1.82) is 0 Å². The van der Waals surface area contributed by atoms with Crippen molar-refractivity contribution in [3.05, 3.63) is 59.7 Å². The Hall–Kier alpha value is -2.49. The van der Waals surface area contributed by atoms with Crippen LogP contribution < -0.4 is 4.74 Å². The summed E-state index contributed by atoms with van der Waals surface area (Å²) in [5.41, 5.74) is 1.53. The molecule has 0 saturated heterocycles. The second-order valence-electron chi connectivity index (χ2n) is 6.27. The predicted molar refractivity (Wildman–Crippen MR) is 101 cm³/mol. The number of ether oxygens (including phenoxy) is 1. The molecule has 134 valence electrons. The predicted octanol–water partition coefficient (Wildman–Crippen LogP) is 5.36. The largest absolute Gasteiger partial charge is 0.507 e. The number of aromatic hydroxyl groups is 1. The zero-order chi connectivity index (χ0) is 18.1. The van der Waals surface area contributed by atoms with Gasteiger partial charge in [0, 0.05) is 17.2 Å². The van der Waals surface area contributed by atoms with Crippen LogP contribution in [0.3, 0.4) is 0 Å². The lowest BCUT2D eigenvalue weighted by Crippen LogP contribution is -2.12. The van der Waals surface area contributed by atoms with Crippen LogP contribution in [0.2, 0.25) is 0 Å². The molecular formula is C21H27NO3. The van der Waals surface area contributed by atoms with E-state index in [1.807, 2.05) is 37.3 Å². The first-order valence-corrected chi connectivity index (χ1v) is 8.93. The van der Waals surface area contributed by atoms with Gasteiger partial charge in [-0.1, -0.05) is 61.7 Å². The summed E-state index contributed by atoms with van der Waals surface area (Å²) < 4.78 is 5.89. The number of phenols is 1. The molecule has 2 rings (SSSR count). The molecule has 0 radical (unpaired) electrons. The minimum absolute atomic E-state index is 0.0346. The van der Waals surface area contributed by atoms with Gasteiger partial charge < -0.3 is 15.1 Å². The molecule has 0 heterocycles. The smallest absolute Gasteiger partial charge is 0.128 e. The van der Waals surface area contributed by atoms with E-state index in [2.05, 4.69) is 12.1 Å². The number of benzene rings is 2. The lowest BCUT2D eigenvalue weighted by Gasteiger charge is -2.16. The summed E-state index contributed by atoms with van der Waals surface area (Å²) in [6, 6.07) is 14.4. The number of hydrogen-bond acceptors (Lipinski definition) is 4. The average molecular weight is 341 g/mol. The van der Waals surface area contributed by atoms with Crippen LogP contribution in [0.15, 0.2) is 53.7 Å². The highest BCUT2D eigenvalue weighted by atomic mass is 16.5. The molecular weight excluding hydrogens is 314 g/mol. The molecule has 0 amide bonds. The van der Waals surface area contributed by atoms with E-state index in [0.717, 1.165) is 18.4 Å². The third kappa shape index (κ3) is 5.52. The van der Waals surface area contributed by atoms with E-state index in [9.17, 15) is 10.3 Å². The van der Waals surface area contributed by atoms with Gasteiger partial charge in [-0.25, -0.2) is 0 Å². The highest BCUT2D eigenvalue weighted by Crippen LogP contribution is 2.27. The first-order valence-electron chi connectivity index (χ1n) is 8.93. The summed E-state index contributed by atoms with van der Waals surface area (Å²) in [7, 11) is 0. The normalized spacial score (nSPS) is 12.8. The summed E-state index contributed by atoms with van der Waals surface area (Å²) in [6.45, 7) is 4.24. The number of rotatable bonds is 9. The molecule has 0 saturated carbocycles. The van der Waals surface area contributed by atoms with Gasteiger partial charge in [-0.2, -0.15) is 0 Å². The Labute approximate surface area is 149 Å². The minimum atomic E-state index is 0.0346. The third-order valence-corrected chi connectivity index (χ3v) is 4.17. The maximum absolute atomic E-state index is 10.3. The Morgan fingerprint density at radius 3 is 2.48 bits per heavy atom. The SMILES string of the molecule is CCCCCCC(C)Oc1ccc(C(=NO)c2ccccc2)c(O)c1. The maximum atomic E-state index is 10.3. The van der Waals surface area contributed by atoms with Gasteiger partial charge in [0.15, 0.2) is 0 Å². The lowest BCUT2D eigenvalue weighted by molar-refractivity contribution is 0.205. The van der Waals surface area contributed by atoms with Crippen molar-refractivity contribution < 1.29 is 15.1 Å². The van der Waals surface area contributed by atoms with Gasteiger partial charge >= 0.3 is 0 Å². The van der Waals surface area contributed by atoms with Crippen LogP contribution in [0.4, 0.5) is 0 Å². The Balaban J connectivity index is 2.05. The number of oxime groups is 1. The zero-order valence-corrected chi connectivity index (χ0v) is 15.0. The fourth-order valence-corrected chi connectivity index (χ4v) is 2.80. The molecule has 4 heteroatoms. The molecule has 2 aromatic carbocycles. The van der Waals surface area contributed by atoms with Crippen LogP contribution in [0.1, 0.15) is 57.1 Å². The molecule has 0 bridgehead atoms. The number of nitrogens with zero attached hydrogens (tertiary/aromatic N) is 1. The van der Waals surface area contributed by atoms with E-state index in [0.29, 0.717) is 17.0 Å². The summed E-state index contributed by atoms with van der Waals surface area (Å²) in [5, 5.41) is 23.1. The minimum Gasteiger partial charge on any atom is -0.507 e. The van der Waals surface area contributed by atoms with E-state index in [-0.39, 0.29) is 11.9 Å². The molecule has 0 aliphatic carbocycles. The Bertz CT molecular complexity index is 683. The summed E-state index contributed by atoms with van der Waals surface area (Å²) in [6.07, 6.45) is 5.94. The van der Waals surface area contributed by atoms with E-state index in [4.69, 9.17) is 4.74 Å². The monoisotopic (exact) mass is 341 g/mol. The topological polar surface area (TPSA) is 62.0 Å². The standard InChI is InChI=1S/C21H27NO3/c1-3-4-5-7-10-16(2)25-18-13-14-19(20(23)15-18)21(22-24)17-11-8-6-9-12-17/h6,8-9,11-16,23-24H,3-5,7,10H2,1-2H3. The lowest BCUT2D eigenvalue weighted by atomic mass is 10.0. The van der Waals surface area contributed by atoms with Crippen molar-refractivity contribution in [2.75, 3.05) is 0 Å². The summed E-state index contributed by atoms with van der Waals surface area (Å²) in [5.74, 6) is 0.655. The van der Waals surface area contributed by atoms with E-state index in [1.54, 1.807) is 18.2 Å². The fourth-order valence-electron chi connectivity index (χ4n) is 2.80. The first-order chi connectivity index (χ1) is 12.2. The van der Waals surface area contributed by atoms with Crippen LogP contribution in [0, 0.1) is 0 Å². The van der Waals surface area contributed by atoms with Crippen molar-refractivity contribution in [1.82, 2.24) is 0 Å². The van der Waals surface area contributed by atoms with Crippen molar-refractivity contribution >= 4 is 5.71 Å². The number of unbranched alkanes of at least 4 members (excludes halogenated alkanes) is 3. The zero-order valence-electron chi connectivity index (χ0n) is 15.0. The average Bonchev–Trinajstić information content (AvgIpc) is 2.62. The van der Waals surface area contributed by atoms with Crippen molar-refractivity contribution in [2.24, 2.45) is 5.16 Å². The Morgan fingerprint density at radius 2 is 1.84 bits per heavy atom. The molecule has 4 nitrogen and oxygen atoms in total. The number of hydrogen-bond donors (Lipinski definition) is 2. The summed E-state index contributed by atoms with van der Waals surface area (Å²) >= 11 is 0. The van der Waals surface area contributed by atoms with Crippen LogP contribution in [0.25, 0.3) is 0 Å². The van der Waals surface area contributed by atoms with E-state index < -0.39 is 0 Å². The van der Waals surface area contributed by atoms with Gasteiger partial charge in [0.05, 0.1) is 6.10 Å².